The summed E-state index contributed by atoms with van der Waals surface area (Å²) in [5.41, 5.74) is 3.09. The van der Waals surface area contributed by atoms with Crippen LogP contribution in [0.25, 0.3) is 0 Å². The number of amides is 1. The minimum absolute atomic E-state index is 0.0791. The van der Waals surface area contributed by atoms with Crippen molar-refractivity contribution in [2.75, 3.05) is 0 Å². The Bertz CT molecular complexity index is 490. The Hall–Kier alpha value is -1.64. The standard InChI is InChI=1S/C16H21NO2/c1-11-6-7-13(10-12(11)2)15(18)4-3-5-16(19)17-14-8-9-14/h6-7,10,14H,3-5,8-9H2,1-2H3,(H,17,19). The first-order chi connectivity index (χ1) is 9.06. The highest BCUT2D eigenvalue weighted by molar-refractivity contribution is 5.96. The van der Waals surface area contributed by atoms with Crippen LogP contribution < -0.4 is 5.32 Å². The first kappa shape index (κ1) is 13.8. The number of hydrogen-bond donors (Lipinski definition) is 1. The molecule has 0 aliphatic heterocycles. The van der Waals surface area contributed by atoms with Crippen LogP contribution in [0.5, 0.6) is 0 Å². The van der Waals surface area contributed by atoms with Crippen LogP contribution in [0.2, 0.25) is 0 Å². The fourth-order valence-corrected chi connectivity index (χ4v) is 2.00. The highest BCUT2D eigenvalue weighted by Crippen LogP contribution is 2.19. The van der Waals surface area contributed by atoms with Gasteiger partial charge in [-0.3, -0.25) is 9.59 Å². The average molecular weight is 259 g/mol. The zero-order valence-electron chi connectivity index (χ0n) is 11.7. The number of benzene rings is 1. The highest BCUT2D eigenvalue weighted by atomic mass is 16.1. The van der Waals surface area contributed by atoms with E-state index in [1.54, 1.807) is 0 Å². The molecule has 0 aromatic heterocycles. The molecule has 1 aliphatic carbocycles. The molecule has 0 unspecified atom stereocenters. The van der Waals surface area contributed by atoms with Gasteiger partial charge in [-0.25, -0.2) is 0 Å². The number of rotatable bonds is 6. The van der Waals surface area contributed by atoms with E-state index in [0.29, 0.717) is 25.3 Å². The van der Waals surface area contributed by atoms with Crippen LogP contribution in [-0.2, 0) is 4.79 Å². The summed E-state index contributed by atoms with van der Waals surface area (Å²) in [5.74, 6) is 0.206. The van der Waals surface area contributed by atoms with E-state index in [-0.39, 0.29) is 11.7 Å². The highest BCUT2D eigenvalue weighted by Gasteiger charge is 2.22. The van der Waals surface area contributed by atoms with E-state index < -0.39 is 0 Å². The third-order valence-corrected chi connectivity index (χ3v) is 3.58. The normalized spacial score (nSPS) is 14.2. The van der Waals surface area contributed by atoms with Crippen LogP contribution in [0.4, 0.5) is 0 Å². The molecule has 0 spiro atoms. The molecule has 102 valence electrons. The third kappa shape index (κ3) is 4.19. The van der Waals surface area contributed by atoms with E-state index >= 15 is 0 Å². The molecule has 1 fully saturated rings. The first-order valence-corrected chi connectivity index (χ1v) is 6.96. The predicted molar refractivity (Wildman–Crippen MR) is 75.3 cm³/mol. The zero-order chi connectivity index (χ0) is 13.8. The summed E-state index contributed by atoms with van der Waals surface area (Å²) in [4.78, 5) is 23.5. The van der Waals surface area contributed by atoms with E-state index in [9.17, 15) is 9.59 Å². The van der Waals surface area contributed by atoms with Crippen molar-refractivity contribution in [3.8, 4) is 0 Å². The third-order valence-electron chi connectivity index (χ3n) is 3.58. The molecule has 1 aromatic carbocycles. The maximum absolute atomic E-state index is 12.0. The van der Waals surface area contributed by atoms with Crippen LogP contribution in [0.1, 0.15) is 53.6 Å². The van der Waals surface area contributed by atoms with Crippen LogP contribution in [0.3, 0.4) is 0 Å². The largest absolute Gasteiger partial charge is 0.353 e. The Balaban J connectivity index is 1.76. The van der Waals surface area contributed by atoms with Gasteiger partial charge in [-0.2, -0.15) is 0 Å². The Morgan fingerprint density at radius 1 is 1.16 bits per heavy atom. The SMILES string of the molecule is Cc1ccc(C(=O)CCCC(=O)NC2CC2)cc1C. The van der Waals surface area contributed by atoms with Crippen molar-refractivity contribution in [1.82, 2.24) is 5.32 Å². The van der Waals surface area contributed by atoms with Gasteiger partial charge < -0.3 is 5.32 Å². The van der Waals surface area contributed by atoms with Gasteiger partial charge >= 0.3 is 0 Å². The number of ketones is 1. The Morgan fingerprint density at radius 3 is 2.53 bits per heavy atom. The maximum Gasteiger partial charge on any atom is 0.220 e. The summed E-state index contributed by atoms with van der Waals surface area (Å²) in [6.45, 7) is 4.04. The fourth-order valence-electron chi connectivity index (χ4n) is 2.00. The maximum atomic E-state index is 12.0. The lowest BCUT2D eigenvalue weighted by Gasteiger charge is -2.05. The van der Waals surface area contributed by atoms with Crippen molar-refractivity contribution in [3.63, 3.8) is 0 Å². The average Bonchev–Trinajstić information content (AvgIpc) is 3.16. The Labute approximate surface area is 114 Å². The minimum Gasteiger partial charge on any atom is -0.353 e. The van der Waals surface area contributed by atoms with Gasteiger partial charge in [0.25, 0.3) is 0 Å². The molecular weight excluding hydrogens is 238 g/mol. The molecule has 1 saturated carbocycles. The van der Waals surface area contributed by atoms with Crippen LogP contribution >= 0.6 is 0 Å². The van der Waals surface area contributed by atoms with Gasteiger partial charge in [-0.15, -0.1) is 0 Å². The van der Waals surface area contributed by atoms with E-state index in [2.05, 4.69) is 5.32 Å². The monoisotopic (exact) mass is 259 g/mol. The second-order valence-electron chi connectivity index (χ2n) is 5.42. The van der Waals surface area contributed by atoms with Gasteiger partial charge in [0.1, 0.15) is 0 Å². The van der Waals surface area contributed by atoms with Gasteiger partial charge in [-0.1, -0.05) is 12.1 Å². The summed E-state index contributed by atoms with van der Waals surface area (Å²) in [6.07, 6.45) is 3.73. The number of hydrogen-bond acceptors (Lipinski definition) is 2. The molecule has 0 atom stereocenters. The molecule has 0 saturated heterocycles. The molecule has 1 N–H and O–H groups in total. The van der Waals surface area contributed by atoms with E-state index in [1.165, 1.54) is 5.56 Å². The number of nitrogens with one attached hydrogen (secondary N) is 1. The molecular formula is C16H21NO2. The number of aryl methyl sites for hydroxylation is 2. The van der Waals surface area contributed by atoms with Crippen molar-refractivity contribution in [2.24, 2.45) is 0 Å². The van der Waals surface area contributed by atoms with Crippen LogP contribution in [0, 0.1) is 13.8 Å². The van der Waals surface area contributed by atoms with Crippen molar-refractivity contribution in [1.29, 1.82) is 0 Å². The number of carbonyl (C=O) groups is 2. The molecule has 0 radical (unpaired) electrons. The van der Waals surface area contributed by atoms with Crippen molar-refractivity contribution in [3.05, 3.63) is 34.9 Å². The van der Waals surface area contributed by atoms with E-state index in [0.717, 1.165) is 24.0 Å². The summed E-state index contributed by atoms with van der Waals surface area (Å²) in [7, 11) is 0. The zero-order valence-corrected chi connectivity index (χ0v) is 11.7. The lowest BCUT2D eigenvalue weighted by Crippen LogP contribution is -2.25. The second-order valence-corrected chi connectivity index (χ2v) is 5.42. The smallest absolute Gasteiger partial charge is 0.220 e. The lowest BCUT2D eigenvalue weighted by molar-refractivity contribution is -0.121. The molecule has 2 rings (SSSR count). The molecule has 1 aliphatic rings. The topological polar surface area (TPSA) is 46.2 Å². The molecule has 1 aromatic rings. The van der Waals surface area contributed by atoms with Gasteiger partial charge in [0.05, 0.1) is 0 Å². The van der Waals surface area contributed by atoms with Gasteiger partial charge in [0.15, 0.2) is 5.78 Å². The molecule has 0 heterocycles. The predicted octanol–water partition coefficient (Wildman–Crippen LogP) is 2.94. The van der Waals surface area contributed by atoms with Gasteiger partial charge in [0, 0.05) is 24.4 Å². The quantitative estimate of drug-likeness (QED) is 0.798. The van der Waals surface area contributed by atoms with E-state index in [4.69, 9.17) is 0 Å². The minimum atomic E-state index is 0.0791. The molecule has 3 nitrogen and oxygen atoms in total. The summed E-state index contributed by atoms with van der Waals surface area (Å²) >= 11 is 0. The summed E-state index contributed by atoms with van der Waals surface area (Å²) < 4.78 is 0. The molecule has 3 heteroatoms. The number of carbonyl (C=O) groups excluding carboxylic acids is 2. The second kappa shape index (κ2) is 6.00. The number of Topliss-reactive ketones (excluding diaryl/α,β-unsaturated/α-hetero) is 1. The van der Waals surface area contributed by atoms with Crippen molar-refractivity contribution in [2.45, 2.75) is 52.0 Å². The lowest BCUT2D eigenvalue weighted by atomic mass is 10.0. The Kier molecular flexibility index (Phi) is 4.35. The van der Waals surface area contributed by atoms with Gasteiger partial charge in [-0.05, 0) is 50.3 Å². The van der Waals surface area contributed by atoms with Crippen LogP contribution in [-0.4, -0.2) is 17.7 Å². The van der Waals surface area contributed by atoms with Crippen molar-refractivity contribution >= 4 is 11.7 Å². The van der Waals surface area contributed by atoms with Gasteiger partial charge in [0.2, 0.25) is 5.91 Å². The summed E-state index contributed by atoms with van der Waals surface area (Å²) in [5, 5.41) is 2.93. The van der Waals surface area contributed by atoms with Crippen molar-refractivity contribution < 1.29 is 9.59 Å². The molecule has 19 heavy (non-hydrogen) atoms. The molecule has 0 bridgehead atoms. The summed E-state index contributed by atoms with van der Waals surface area (Å²) in [6, 6.07) is 6.18. The Morgan fingerprint density at radius 2 is 1.89 bits per heavy atom. The first-order valence-electron chi connectivity index (χ1n) is 6.96. The molecule has 1 amide bonds. The van der Waals surface area contributed by atoms with Crippen LogP contribution in [0.15, 0.2) is 18.2 Å². The fraction of sp³-hybridized carbons (Fsp3) is 0.500. The van der Waals surface area contributed by atoms with E-state index in [1.807, 2.05) is 32.0 Å².